The predicted molar refractivity (Wildman–Crippen MR) is 232 cm³/mol. The van der Waals surface area contributed by atoms with Gasteiger partial charge in [-0.3, -0.25) is 0 Å². The Morgan fingerprint density at radius 2 is 0.642 bits per heavy atom. The summed E-state index contributed by atoms with van der Waals surface area (Å²) in [5.41, 5.74) is 19.7. The van der Waals surface area contributed by atoms with Crippen molar-refractivity contribution < 1.29 is 0 Å². The molecule has 0 heterocycles. The molecular weight excluding hydrogens is 635 g/mol. The molecule has 0 unspecified atom stereocenters. The van der Waals surface area contributed by atoms with Gasteiger partial charge in [0, 0.05) is 0 Å². The first kappa shape index (κ1) is 33.0. The third-order valence-corrected chi connectivity index (χ3v) is 11.5. The molecule has 0 aliphatic rings. The van der Waals surface area contributed by atoms with Crippen LogP contribution < -0.4 is 16.4 Å². The molecular formula is C52H43B. The summed E-state index contributed by atoms with van der Waals surface area (Å²) in [6, 6.07) is 57.0. The lowest BCUT2D eigenvalue weighted by Gasteiger charge is -2.28. The molecule has 9 aromatic rings. The van der Waals surface area contributed by atoms with Crippen molar-refractivity contribution in [1.82, 2.24) is 0 Å². The zero-order valence-electron chi connectivity index (χ0n) is 31.5. The second-order valence-corrected chi connectivity index (χ2v) is 15.2. The molecule has 0 saturated carbocycles. The van der Waals surface area contributed by atoms with Gasteiger partial charge in [-0.15, -0.1) is 0 Å². The molecule has 0 N–H and O–H groups in total. The van der Waals surface area contributed by atoms with Gasteiger partial charge in [-0.2, -0.15) is 0 Å². The van der Waals surface area contributed by atoms with Crippen molar-refractivity contribution in [3.8, 4) is 33.4 Å². The van der Waals surface area contributed by atoms with E-state index in [1.807, 2.05) is 0 Å². The van der Waals surface area contributed by atoms with Gasteiger partial charge < -0.3 is 0 Å². The smallest absolute Gasteiger partial charge is 0.0629 e. The number of rotatable bonds is 6. The molecule has 0 radical (unpaired) electrons. The summed E-state index contributed by atoms with van der Waals surface area (Å²) in [7, 11) is 0. The van der Waals surface area contributed by atoms with E-state index in [4.69, 9.17) is 0 Å². The van der Waals surface area contributed by atoms with Crippen LogP contribution >= 0.6 is 0 Å². The van der Waals surface area contributed by atoms with E-state index in [-0.39, 0.29) is 6.71 Å². The number of hydrogen-bond donors (Lipinski definition) is 0. The van der Waals surface area contributed by atoms with Gasteiger partial charge in [0.25, 0.3) is 0 Å². The molecule has 0 amide bonds. The molecule has 9 rings (SSSR count). The van der Waals surface area contributed by atoms with E-state index in [0.717, 1.165) is 0 Å². The van der Waals surface area contributed by atoms with Gasteiger partial charge in [-0.25, -0.2) is 0 Å². The molecule has 254 valence electrons. The van der Waals surface area contributed by atoms with Crippen LogP contribution in [-0.4, -0.2) is 6.71 Å². The maximum atomic E-state index is 2.54. The fourth-order valence-electron chi connectivity index (χ4n) is 9.58. The lowest BCUT2D eigenvalue weighted by molar-refractivity contribution is 1.34. The molecule has 0 atom stereocenters. The van der Waals surface area contributed by atoms with Crippen molar-refractivity contribution in [1.29, 1.82) is 0 Å². The van der Waals surface area contributed by atoms with E-state index in [1.54, 1.807) is 0 Å². The number of hydrogen-bond acceptors (Lipinski definition) is 0. The quantitative estimate of drug-likeness (QED) is 0.121. The van der Waals surface area contributed by atoms with Gasteiger partial charge >= 0.3 is 0 Å². The van der Waals surface area contributed by atoms with E-state index < -0.39 is 0 Å². The first-order valence-corrected chi connectivity index (χ1v) is 18.9. The summed E-state index contributed by atoms with van der Waals surface area (Å²) in [6.45, 7) is 13.7. The first-order valence-electron chi connectivity index (χ1n) is 18.9. The fraction of sp³-hybridized carbons (Fsp3) is 0.115. The van der Waals surface area contributed by atoms with Crippen molar-refractivity contribution >= 4 is 55.4 Å². The summed E-state index contributed by atoms with van der Waals surface area (Å²) in [4.78, 5) is 0. The van der Waals surface area contributed by atoms with E-state index in [0.29, 0.717) is 0 Å². The Kier molecular flexibility index (Phi) is 8.05. The summed E-state index contributed by atoms with van der Waals surface area (Å²) in [5.74, 6) is 0. The van der Waals surface area contributed by atoms with Crippen molar-refractivity contribution in [2.45, 2.75) is 41.5 Å². The largest absolute Gasteiger partial charge is 0.243 e. The van der Waals surface area contributed by atoms with E-state index in [1.165, 1.54) is 115 Å². The molecule has 0 saturated heterocycles. The van der Waals surface area contributed by atoms with E-state index in [2.05, 4.69) is 193 Å². The molecule has 0 fully saturated rings. The molecule has 1 heteroatoms. The highest BCUT2D eigenvalue weighted by molar-refractivity contribution is 6.98. The summed E-state index contributed by atoms with van der Waals surface area (Å²) >= 11 is 0. The van der Waals surface area contributed by atoms with E-state index in [9.17, 15) is 0 Å². The lowest BCUT2D eigenvalue weighted by Crippen LogP contribution is -2.56. The van der Waals surface area contributed by atoms with Crippen molar-refractivity contribution in [2.24, 2.45) is 0 Å². The highest BCUT2D eigenvalue weighted by Crippen LogP contribution is 2.45. The third kappa shape index (κ3) is 5.46. The van der Waals surface area contributed by atoms with Gasteiger partial charge in [-0.1, -0.05) is 195 Å². The average Bonchev–Trinajstić information content (AvgIpc) is 3.16. The second kappa shape index (κ2) is 12.9. The molecule has 0 bridgehead atoms. The van der Waals surface area contributed by atoms with Crippen LogP contribution in [0.15, 0.2) is 152 Å². The normalized spacial score (nSPS) is 11.6. The lowest BCUT2D eigenvalue weighted by atomic mass is 9.33. The summed E-state index contributed by atoms with van der Waals surface area (Å²) in [6.07, 6.45) is 0. The van der Waals surface area contributed by atoms with Gasteiger partial charge in [0.1, 0.15) is 0 Å². The van der Waals surface area contributed by atoms with Crippen molar-refractivity contribution in [2.75, 3.05) is 0 Å². The maximum absolute atomic E-state index is 2.54. The van der Waals surface area contributed by atoms with E-state index >= 15 is 0 Å². The minimum Gasteiger partial charge on any atom is -0.0629 e. The molecule has 0 nitrogen and oxygen atoms in total. The van der Waals surface area contributed by atoms with Gasteiger partial charge in [0.05, 0.1) is 0 Å². The molecule has 0 spiro atoms. The Bertz CT molecular complexity index is 2650. The van der Waals surface area contributed by atoms with Crippen LogP contribution in [0, 0.1) is 41.5 Å². The fourth-order valence-corrected chi connectivity index (χ4v) is 9.58. The SMILES string of the molecule is Cc1cc(C)c(B(c2c(C)cc(C)cc2C)c2cc(-c3ccccc3)c3ccc4c(-c5ccccc5)cc(-c5ccccc5)c5ccc2c3c54)c(C)c1. The van der Waals surface area contributed by atoms with Crippen LogP contribution in [0.3, 0.4) is 0 Å². The minimum absolute atomic E-state index is 0.0467. The Hall–Kier alpha value is -5.92. The van der Waals surface area contributed by atoms with Crippen molar-refractivity contribution in [3.05, 3.63) is 185 Å². The highest BCUT2D eigenvalue weighted by atomic mass is 14.2. The van der Waals surface area contributed by atoms with Crippen LogP contribution in [0.2, 0.25) is 0 Å². The molecule has 0 aliphatic heterocycles. The Labute approximate surface area is 314 Å². The topological polar surface area (TPSA) is 0 Å². The highest BCUT2D eigenvalue weighted by Gasteiger charge is 2.32. The standard InChI is InChI=1S/C52H43B/c1-32-26-34(3)51(35(4)27-32)53(52-36(5)28-33(2)29-37(52)6)48-31-47(40-20-14-9-15-21-40)43-23-22-41-45(38-16-10-7-11-17-38)30-46(39-18-12-8-13-19-39)42-24-25-44(48)50(43)49(41)42/h7-31H,1-6H3. The van der Waals surface area contributed by atoms with Gasteiger partial charge in [0.2, 0.25) is 6.71 Å². The Morgan fingerprint density at radius 3 is 1.02 bits per heavy atom. The molecule has 0 aliphatic carbocycles. The Balaban J connectivity index is 1.51. The number of benzene rings is 9. The second-order valence-electron chi connectivity index (χ2n) is 15.2. The van der Waals surface area contributed by atoms with Crippen LogP contribution in [0.1, 0.15) is 33.4 Å². The summed E-state index contributed by atoms with van der Waals surface area (Å²) < 4.78 is 0. The average molecular weight is 679 g/mol. The first-order chi connectivity index (χ1) is 25.8. The maximum Gasteiger partial charge on any atom is 0.243 e. The Morgan fingerprint density at radius 1 is 0.321 bits per heavy atom. The van der Waals surface area contributed by atoms with Crippen molar-refractivity contribution in [3.63, 3.8) is 0 Å². The van der Waals surface area contributed by atoms with Gasteiger partial charge in [-0.05, 0) is 113 Å². The summed E-state index contributed by atoms with van der Waals surface area (Å²) in [5, 5.41) is 7.90. The zero-order valence-corrected chi connectivity index (χ0v) is 31.5. The molecule has 53 heavy (non-hydrogen) atoms. The van der Waals surface area contributed by atoms with Gasteiger partial charge in [0.15, 0.2) is 0 Å². The third-order valence-electron chi connectivity index (χ3n) is 11.5. The van der Waals surface area contributed by atoms with Crippen LogP contribution in [0.4, 0.5) is 0 Å². The predicted octanol–water partition coefficient (Wildman–Crippen LogP) is 12.0. The monoisotopic (exact) mass is 678 g/mol. The number of aryl methyl sites for hydroxylation is 6. The van der Waals surface area contributed by atoms with Crippen LogP contribution in [0.5, 0.6) is 0 Å². The molecule has 0 aromatic heterocycles. The van der Waals surface area contributed by atoms with Crippen LogP contribution in [-0.2, 0) is 0 Å². The zero-order chi connectivity index (χ0) is 36.4. The molecule has 9 aromatic carbocycles. The van der Waals surface area contributed by atoms with Crippen LogP contribution in [0.25, 0.3) is 65.7 Å². The minimum atomic E-state index is 0.0467.